The number of nitrogens with zero attached hydrogens (tertiary/aromatic N) is 2. The van der Waals surface area contributed by atoms with E-state index in [1.807, 2.05) is 10.5 Å². The van der Waals surface area contributed by atoms with Gasteiger partial charge in [0.15, 0.2) is 0 Å². The maximum absolute atomic E-state index is 11.0. The molecule has 88 valence electrons. The number of aromatic carboxylic acids is 1. The largest absolute Gasteiger partial charge is 0.478 e. The van der Waals surface area contributed by atoms with Crippen molar-refractivity contribution >= 4 is 45.3 Å². The van der Waals surface area contributed by atoms with Gasteiger partial charge in [-0.1, -0.05) is 0 Å². The van der Waals surface area contributed by atoms with Crippen molar-refractivity contribution in [3.8, 4) is 0 Å². The van der Waals surface area contributed by atoms with Crippen LogP contribution in [0.25, 0.3) is 10.9 Å². The van der Waals surface area contributed by atoms with E-state index >= 15 is 0 Å². The Morgan fingerprint density at radius 3 is 2.88 bits per heavy atom. The topological polar surface area (TPSA) is 55.1 Å². The van der Waals surface area contributed by atoms with Crippen molar-refractivity contribution in [3.05, 3.63) is 29.5 Å². The van der Waals surface area contributed by atoms with Crippen molar-refractivity contribution in [2.45, 2.75) is 18.8 Å². The summed E-state index contributed by atoms with van der Waals surface area (Å²) in [7, 11) is 0. The summed E-state index contributed by atoms with van der Waals surface area (Å²) in [6.45, 7) is 0. The summed E-state index contributed by atoms with van der Waals surface area (Å²) in [4.78, 5) is 11.0. The summed E-state index contributed by atoms with van der Waals surface area (Å²) >= 11 is 2.29. The van der Waals surface area contributed by atoms with Crippen LogP contribution in [0.3, 0.4) is 0 Å². The fourth-order valence-corrected chi connectivity index (χ4v) is 3.53. The third kappa shape index (κ3) is 1.95. The van der Waals surface area contributed by atoms with Gasteiger partial charge < -0.3 is 5.11 Å². The van der Waals surface area contributed by atoms with Crippen molar-refractivity contribution < 1.29 is 9.90 Å². The highest BCUT2D eigenvalue weighted by Gasteiger charge is 2.29. The van der Waals surface area contributed by atoms with Gasteiger partial charge >= 0.3 is 5.97 Å². The molecule has 0 bridgehead atoms. The highest BCUT2D eigenvalue weighted by atomic mass is 127. The summed E-state index contributed by atoms with van der Waals surface area (Å²) < 4.78 is 1.97. The van der Waals surface area contributed by atoms with E-state index in [1.165, 1.54) is 12.8 Å². The van der Waals surface area contributed by atoms with E-state index < -0.39 is 5.97 Å². The lowest BCUT2D eigenvalue weighted by molar-refractivity contribution is 0.0697. The molecule has 1 aromatic heterocycles. The first-order chi connectivity index (χ1) is 8.20. The molecule has 1 N–H and O–H groups in total. The second-order valence-electron chi connectivity index (χ2n) is 4.19. The Morgan fingerprint density at radius 1 is 1.53 bits per heavy atom. The molecule has 4 nitrogen and oxygen atoms in total. The van der Waals surface area contributed by atoms with Gasteiger partial charge in [-0.25, -0.2) is 9.25 Å². The molecule has 0 amide bonds. The van der Waals surface area contributed by atoms with Crippen molar-refractivity contribution in [1.82, 2.24) is 9.55 Å². The Balaban J connectivity index is 2.24. The number of carbonyl (C=O) groups is 1. The molecule has 0 radical (unpaired) electrons. The number of aromatic nitrogens is 2. The molecule has 2 aromatic rings. The van der Waals surface area contributed by atoms with Crippen molar-refractivity contribution in [2.24, 2.45) is 0 Å². The number of halogens is 1. The van der Waals surface area contributed by atoms with Crippen molar-refractivity contribution in [2.75, 3.05) is 0 Å². The number of rotatable bonds is 3. The van der Waals surface area contributed by atoms with E-state index in [2.05, 4.69) is 27.1 Å². The smallest absolute Gasteiger partial charge is 0.335 e. The van der Waals surface area contributed by atoms with Crippen LogP contribution in [0.1, 0.15) is 34.8 Å². The number of carboxylic acid groups (broad SMARTS) is 1. The van der Waals surface area contributed by atoms with Crippen LogP contribution in [0.2, 0.25) is 0 Å². The van der Waals surface area contributed by atoms with Crippen LogP contribution in [-0.4, -0.2) is 20.6 Å². The molecule has 1 fully saturated rings. The van der Waals surface area contributed by atoms with Gasteiger partial charge in [0.1, 0.15) is 0 Å². The minimum absolute atomic E-state index is 0.343. The number of carboxylic acids is 1. The summed E-state index contributed by atoms with van der Waals surface area (Å²) in [5, 5.41) is 14.6. The summed E-state index contributed by atoms with van der Waals surface area (Å²) in [5.41, 5.74) is 2.47. The molecule has 1 atom stereocenters. The standard InChI is InChI=1S/C11H10IN2O2P/c12-17-14-9-4-3-7(11(15)16)5-8(9)10(13-14)6-1-2-6/h3-6,17H,1-2H2,(H,15,16). The normalized spacial score (nSPS) is 16.1. The summed E-state index contributed by atoms with van der Waals surface area (Å²) in [6.07, 6.45) is 2.89. The van der Waals surface area contributed by atoms with Crippen LogP contribution in [-0.2, 0) is 0 Å². The predicted molar refractivity (Wildman–Crippen MR) is 76.4 cm³/mol. The molecule has 1 aliphatic carbocycles. The zero-order valence-corrected chi connectivity index (χ0v) is 12.0. The Bertz CT molecular complexity index is 607. The molecule has 1 heterocycles. The van der Waals surface area contributed by atoms with Gasteiger partial charge in [0.05, 0.1) is 23.1 Å². The molecule has 0 spiro atoms. The predicted octanol–water partition coefficient (Wildman–Crippen LogP) is 3.40. The third-order valence-corrected chi connectivity index (χ3v) is 4.87. The molecule has 0 saturated heterocycles. The second-order valence-corrected chi connectivity index (χ2v) is 6.23. The van der Waals surface area contributed by atoms with Crippen molar-refractivity contribution in [1.29, 1.82) is 0 Å². The first-order valence-corrected chi connectivity index (χ1v) is 9.39. The van der Waals surface area contributed by atoms with Gasteiger partial charge in [0.2, 0.25) is 0 Å². The van der Waals surface area contributed by atoms with E-state index in [0.717, 1.165) is 16.6 Å². The Hall–Kier alpha value is -0.680. The van der Waals surface area contributed by atoms with E-state index in [1.54, 1.807) is 12.1 Å². The van der Waals surface area contributed by atoms with E-state index in [9.17, 15) is 4.79 Å². The molecule has 1 saturated carbocycles. The van der Waals surface area contributed by atoms with Crippen molar-refractivity contribution in [3.63, 3.8) is 0 Å². The fourth-order valence-electron chi connectivity index (χ4n) is 2.00. The van der Waals surface area contributed by atoms with E-state index in [-0.39, 0.29) is 0 Å². The number of fused-ring (bicyclic) bond motifs is 1. The molecule has 6 heteroatoms. The monoisotopic (exact) mass is 360 g/mol. The third-order valence-electron chi connectivity index (χ3n) is 3.00. The fraction of sp³-hybridized carbons (Fsp3) is 0.273. The van der Waals surface area contributed by atoms with Gasteiger partial charge in [-0.3, -0.25) is 0 Å². The molecule has 0 aliphatic heterocycles. The lowest BCUT2D eigenvalue weighted by Gasteiger charge is -1.98. The van der Waals surface area contributed by atoms with Gasteiger partial charge in [-0.05, 0) is 53.1 Å². The Kier molecular flexibility index (Phi) is 2.83. The van der Waals surface area contributed by atoms with E-state index in [4.69, 9.17) is 5.11 Å². The van der Waals surface area contributed by atoms with Crippen LogP contribution in [0.15, 0.2) is 18.2 Å². The number of hydrogen-bond donors (Lipinski definition) is 1. The van der Waals surface area contributed by atoms with Gasteiger partial charge in [0.25, 0.3) is 0 Å². The highest BCUT2D eigenvalue weighted by molar-refractivity contribution is 14.2. The zero-order valence-electron chi connectivity index (χ0n) is 8.85. The Morgan fingerprint density at radius 2 is 2.29 bits per heavy atom. The SMILES string of the molecule is O=C(O)c1ccc2c(c1)c(C1CC1)nn2PI. The van der Waals surface area contributed by atoms with Crippen LogP contribution < -0.4 is 0 Å². The lowest BCUT2D eigenvalue weighted by Crippen LogP contribution is -1.95. The summed E-state index contributed by atoms with van der Waals surface area (Å²) in [6, 6.07) is 5.27. The summed E-state index contributed by atoms with van der Waals surface area (Å²) in [5.74, 6) is -0.339. The molecular weight excluding hydrogens is 350 g/mol. The molecular formula is C11H10IN2O2P. The van der Waals surface area contributed by atoms with Gasteiger partial charge in [-0.2, -0.15) is 5.10 Å². The van der Waals surface area contributed by atoms with Crippen LogP contribution >= 0.6 is 28.4 Å². The highest BCUT2D eigenvalue weighted by Crippen LogP contribution is 2.44. The van der Waals surface area contributed by atoms with Crippen LogP contribution in [0, 0.1) is 0 Å². The minimum atomic E-state index is -0.877. The average Bonchev–Trinajstić information content (AvgIpc) is 3.10. The maximum atomic E-state index is 11.0. The zero-order chi connectivity index (χ0) is 12.0. The van der Waals surface area contributed by atoms with Crippen LogP contribution in [0.5, 0.6) is 0 Å². The quantitative estimate of drug-likeness (QED) is 0.674. The average molecular weight is 360 g/mol. The van der Waals surface area contributed by atoms with Gasteiger partial charge in [-0.15, -0.1) is 0 Å². The molecule has 1 aromatic carbocycles. The Labute approximate surface area is 113 Å². The molecule has 1 unspecified atom stereocenters. The minimum Gasteiger partial charge on any atom is -0.478 e. The van der Waals surface area contributed by atoms with Gasteiger partial charge in [0, 0.05) is 11.3 Å². The van der Waals surface area contributed by atoms with Crippen LogP contribution in [0.4, 0.5) is 0 Å². The number of hydrogen-bond acceptors (Lipinski definition) is 2. The molecule has 17 heavy (non-hydrogen) atoms. The first-order valence-electron chi connectivity index (χ1n) is 5.33. The molecule has 3 rings (SSSR count). The first kappa shape index (κ1) is 11.4. The second kappa shape index (κ2) is 4.21. The number of benzene rings is 1. The van der Waals surface area contributed by atoms with E-state index in [0.29, 0.717) is 17.9 Å². The molecule has 1 aliphatic rings. The maximum Gasteiger partial charge on any atom is 0.335 e. The lowest BCUT2D eigenvalue weighted by atomic mass is 10.1.